The number of hydrogen-bond donors (Lipinski definition) is 1. The van der Waals surface area contributed by atoms with E-state index in [4.69, 9.17) is 4.74 Å². The molecule has 1 saturated heterocycles. The first kappa shape index (κ1) is 15.8. The summed E-state index contributed by atoms with van der Waals surface area (Å²) in [7, 11) is 1.80. The molecule has 2 rings (SSSR count). The van der Waals surface area contributed by atoms with Crippen LogP contribution in [0.1, 0.15) is 24.8 Å². The number of rotatable bonds is 5. The predicted octanol–water partition coefficient (Wildman–Crippen LogP) is 2.78. The molecule has 1 aromatic carbocycles. The summed E-state index contributed by atoms with van der Waals surface area (Å²) in [5.41, 5.74) is 0.891. The quantitative estimate of drug-likeness (QED) is 0.907. The molecule has 5 heteroatoms. The van der Waals surface area contributed by atoms with Gasteiger partial charge in [0.15, 0.2) is 0 Å². The lowest BCUT2D eigenvalue weighted by Crippen LogP contribution is -2.38. The third kappa shape index (κ3) is 5.34. The second kappa shape index (κ2) is 7.98. The average Bonchev–Trinajstić information content (AvgIpc) is 2.52. The Morgan fingerprint density at radius 2 is 2.00 bits per heavy atom. The highest BCUT2D eigenvalue weighted by atomic mass is 19.1. The molecule has 21 heavy (non-hydrogen) atoms. The Morgan fingerprint density at radius 1 is 1.33 bits per heavy atom. The molecule has 1 heterocycles. The average molecular weight is 294 g/mol. The van der Waals surface area contributed by atoms with Gasteiger partial charge in [0, 0.05) is 33.4 Å². The summed E-state index contributed by atoms with van der Waals surface area (Å²) in [5.74, 6) is 0.393. The van der Waals surface area contributed by atoms with E-state index in [1.165, 1.54) is 12.1 Å². The van der Waals surface area contributed by atoms with Gasteiger partial charge < -0.3 is 15.0 Å². The summed E-state index contributed by atoms with van der Waals surface area (Å²) in [6.07, 6.45) is 3.19. The molecule has 0 radical (unpaired) electrons. The number of hydrogen-bond acceptors (Lipinski definition) is 2. The van der Waals surface area contributed by atoms with Crippen LogP contribution in [-0.4, -0.2) is 37.7 Å². The molecule has 0 saturated carbocycles. The normalized spacial score (nSPS) is 15.7. The molecule has 2 amide bonds. The van der Waals surface area contributed by atoms with E-state index in [0.717, 1.165) is 44.6 Å². The van der Waals surface area contributed by atoms with E-state index in [1.807, 2.05) is 0 Å². The number of nitrogens with zero attached hydrogens (tertiary/aromatic N) is 1. The Kier molecular flexibility index (Phi) is 5.99. The van der Waals surface area contributed by atoms with Crippen molar-refractivity contribution >= 4 is 6.03 Å². The fourth-order valence-corrected chi connectivity index (χ4v) is 2.43. The molecule has 0 aliphatic carbocycles. The monoisotopic (exact) mass is 294 g/mol. The zero-order chi connectivity index (χ0) is 15.1. The van der Waals surface area contributed by atoms with Gasteiger partial charge in [0.2, 0.25) is 0 Å². The van der Waals surface area contributed by atoms with E-state index in [9.17, 15) is 9.18 Å². The molecular weight excluding hydrogens is 271 g/mol. The summed E-state index contributed by atoms with van der Waals surface area (Å²) >= 11 is 0. The van der Waals surface area contributed by atoms with Gasteiger partial charge in [0.25, 0.3) is 0 Å². The number of halogens is 1. The number of benzene rings is 1. The topological polar surface area (TPSA) is 41.6 Å². The lowest BCUT2D eigenvalue weighted by atomic mass is 9.96. The zero-order valence-electron chi connectivity index (χ0n) is 12.5. The van der Waals surface area contributed by atoms with Crippen LogP contribution in [-0.2, 0) is 11.3 Å². The van der Waals surface area contributed by atoms with E-state index in [-0.39, 0.29) is 11.8 Å². The molecule has 1 aliphatic heterocycles. The minimum atomic E-state index is -0.265. The molecule has 1 fully saturated rings. The second-order valence-electron chi connectivity index (χ2n) is 5.55. The summed E-state index contributed by atoms with van der Waals surface area (Å²) in [6, 6.07) is 6.06. The van der Waals surface area contributed by atoms with Crippen LogP contribution in [0.5, 0.6) is 0 Å². The first-order valence-corrected chi connectivity index (χ1v) is 7.46. The number of amides is 2. The van der Waals surface area contributed by atoms with Gasteiger partial charge >= 0.3 is 6.03 Å². The molecule has 0 aromatic heterocycles. The van der Waals surface area contributed by atoms with Gasteiger partial charge in [0.1, 0.15) is 5.82 Å². The van der Waals surface area contributed by atoms with Crippen molar-refractivity contribution in [2.45, 2.75) is 25.8 Å². The minimum absolute atomic E-state index is 0.0913. The van der Waals surface area contributed by atoms with Crippen molar-refractivity contribution in [2.24, 2.45) is 5.92 Å². The molecule has 4 nitrogen and oxygen atoms in total. The molecule has 0 unspecified atom stereocenters. The van der Waals surface area contributed by atoms with Crippen LogP contribution in [0, 0.1) is 11.7 Å². The van der Waals surface area contributed by atoms with Gasteiger partial charge in [0.05, 0.1) is 0 Å². The summed E-state index contributed by atoms with van der Waals surface area (Å²) in [6.45, 7) is 2.84. The molecule has 1 aromatic rings. The van der Waals surface area contributed by atoms with Crippen molar-refractivity contribution in [3.05, 3.63) is 35.6 Å². The summed E-state index contributed by atoms with van der Waals surface area (Å²) in [4.78, 5) is 13.7. The Bertz CT molecular complexity index is 444. The number of nitrogens with one attached hydrogen (secondary N) is 1. The van der Waals surface area contributed by atoms with Gasteiger partial charge in [-0.1, -0.05) is 12.1 Å². The third-order valence-electron chi connectivity index (χ3n) is 3.92. The van der Waals surface area contributed by atoms with Crippen molar-refractivity contribution in [1.82, 2.24) is 10.2 Å². The van der Waals surface area contributed by atoms with E-state index in [2.05, 4.69) is 5.32 Å². The van der Waals surface area contributed by atoms with Crippen molar-refractivity contribution in [3.8, 4) is 0 Å². The van der Waals surface area contributed by atoms with Crippen molar-refractivity contribution < 1.29 is 13.9 Å². The van der Waals surface area contributed by atoms with Crippen LogP contribution in [0.3, 0.4) is 0 Å². The van der Waals surface area contributed by atoms with E-state index < -0.39 is 0 Å². The van der Waals surface area contributed by atoms with Crippen molar-refractivity contribution in [2.75, 3.05) is 26.8 Å². The van der Waals surface area contributed by atoms with Crippen LogP contribution in [0.2, 0.25) is 0 Å². The van der Waals surface area contributed by atoms with Crippen LogP contribution in [0.25, 0.3) is 0 Å². The van der Waals surface area contributed by atoms with Gasteiger partial charge in [-0.05, 0) is 42.9 Å². The molecule has 0 atom stereocenters. The maximum atomic E-state index is 12.8. The van der Waals surface area contributed by atoms with Gasteiger partial charge in [-0.15, -0.1) is 0 Å². The number of ether oxygens (including phenoxy) is 1. The lowest BCUT2D eigenvalue weighted by molar-refractivity contribution is 0.0619. The van der Waals surface area contributed by atoms with Crippen LogP contribution in [0.4, 0.5) is 9.18 Å². The van der Waals surface area contributed by atoms with Crippen LogP contribution >= 0.6 is 0 Å². The molecule has 116 valence electrons. The summed E-state index contributed by atoms with van der Waals surface area (Å²) < 4.78 is 18.1. The standard InChI is InChI=1S/C16H23FN2O2/c1-19(9-6-13-7-10-21-11-8-13)16(20)18-12-14-2-4-15(17)5-3-14/h2-5,13H,6-12H2,1H3,(H,18,20). The lowest BCUT2D eigenvalue weighted by Gasteiger charge is -2.25. The fraction of sp³-hybridized carbons (Fsp3) is 0.562. The molecule has 1 aliphatic rings. The fourth-order valence-electron chi connectivity index (χ4n) is 2.43. The highest BCUT2D eigenvalue weighted by Crippen LogP contribution is 2.18. The van der Waals surface area contributed by atoms with Crippen molar-refractivity contribution in [3.63, 3.8) is 0 Å². The largest absolute Gasteiger partial charge is 0.381 e. The Hall–Kier alpha value is -1.62. The van der Waals surface area contributed by atoms with Crippen molar-refractivity contribution in [1.29, 1.82) is 0 Å². The molecular formula is C16H23FN2O2. The molecule has 0 spiro atoms. The van der Waals surface area contributed by atoms with E-state index in [0.29, 0.717) is 12.5 Å². The third-order valence-corrected chi connectivity index (χ3v) is 3.92. The van der Waals surface area contributed by atoms with E-state index >= 15 is 0 Å². The van der Waals surface area contributed by atoms with E-state index in [1.54, 1.807) is 24.1 Å². The maximum Gasteiger partial charge on any atom is 0.317 e. The number of urea groups is 1. The molecule has 1 N–H and O–H groups in total. The smallest absolute Gasteiger partial charge is 0.317 e. The second-order valence-corrected chi connectivity index (χ2v) is 5.55. The summed E-state index contributed by atoms with van der Waals surface area (Å²) in [5, 5.41) is 2.85. The zero-order valence-corrected chi connectivity index (χ0v) is 12.5. The van der Waals surface area contributed by atoms with Gasteiger partial charge in [-0.3, -0.25) is 0 Å². The first-order valence-electron chi connectivity index (χ1n) is 7.46. The first-order chi connectivity index (χ1) is 10.1. The predicted molar refractivity (Wildman–Crippen MR) is 79.4 cm³/mol. The highest BCUT2D eigenvalue weighted by Gasteiger charge is 2.16. The minimum Gasteiger partial charge on any atom is -0.381 e. The maximum absolute atomic E-state index is 12.8. The van der Waals surface area contributed by atoms with Gasteiger partial charge in [-0.25, -0.2) is 9.18 Å². The number of carbonyl (C=O) groups is 1. The van der Waals surface area contributed by atoms with Crippen LogP contribution in [0.15, 0.2) is 24.3 Å². The van der Waals surface area contributed by atoms with Gasteiger partial charge in [-0.2, -0.15) is 0 Å². The Labute approximate surface area is 125 Å². The molecule has 0 bridgehead atoms. The SMILES string of the molecule is CN(CCC1CCOCC1)C(=O)NCc1ccc(F)cc1. The Balaban J connectivity index is 1.68. The van der Waals surface area contributed by atoms with Crippen LogP contribution < -0.4 is 5.32 Å². The highest BCUT2D eigenvalue weighted by molar-refractivity contribution is 5.73. The Morgan fingerprint density at radius 3 is 2.67 bits per heavy atom. The number of carbonyl (C=O) groups excluding carboxylic acids is 1.